The average molecular weight is 417 g/mol. The summed E-state index contributed by atoms with van der Waals surface area (Å²) in [5, 5.41) is 7.69. The molecule has 1 spiro atoms. The molecule has 1 amide bonds. The van der Waals surface area contributed by atoms with Gasteiger partial charge in [-0.1, -0.05) is 6.07 Å². The second-order valence-corrected chi connectivity index (χ2v) is 8.59. The van der Waals surface area contributed by atoms with Crippen molar-refractivity contribution >= 4 is 23.2 Å². The van der Waals surface area contributed by atoms with Gasteiger partial charge in [0, 0.05) is 29.9 Å². The van der Waals surface area contributed by atoms with Crippen molar-refractivity contribution in [2.24, 2.45) is 4.99 Å². The number of aryl methyl sites for hydroxylation is 2. The van der Waals surface area contributed by atoms with Gasteiger partial charge in [-0.2, -0.15) is 5.10 Å². The maximum absolute atomic E-state index is 13.8. The molecule has 2 aromatic carbocycles. The molecule has 1 N–H and O–H groups in total. The first-order valence-corrected chi connectivity index (χ1v) is 10.3. The van der Waals surface area contributed by atoms with Crippen LogP contribution in [0.4, 0.5) is 15.9 Å². The van der Waals surface area contributed by atoms with E-state index in [2.05, 4.69) is 16.5 Å². The number of likely N-dealkylation sites (N-methyl/N-ethyl adjacent to an activating group) is 1. The van der Waals surface area contributed by atoms with Crippen LogP contribution in [-0.2, 0) is 10.3 Å². The number of hydrogen-bond acceptors (Lipinski definition) is 4. The first-order chi connectivity index (χ1) is 14.7. The number of benzene rings is 2. The first-order valence-electron chi connectivity index (χ1n) is 10.3. The van der Waals surface area contributed by atoms with Gasteiger partial charge in [-0.05, 0) is 69.2 Å². The highest BCUT2D eigenvalue weighted by molar-refractivity contribution is 6.15. The third-order valence-corrected chi connectivity index (χ3v) is 6.20. The number of nitrogens with zero attached hydrogens (tertiary/aromatic N) is 4. The highest BCUT2D eigenvalue weighted by Crippen LogP contribution is 2.52. The third kappa shape index (κ3) is 2.52. The maximum atomic E-state index is 13.8. The van der Waals surface area contributed by atoms with Crippen molar-refractivity contribution in [1.29, 1.82) is 0 Å². The second-order valence-electron chi connectivity index (χ2n) is 8.59. The van der Waals surface area contributed by atoms with Crippen LogP contribution >= 0.6 is 0 Å². The molecule has 0 radical (unpaired) electrons. The number of hydrogen-bond donors (Lipinski definition) is 1. The van der Waals surface area contributed by atoms with Crippen LogP contribution in [0.15, 0.2) is 47.6 Å². The Balaban J connectivity index is 1.86. The average Bonchev–Trinajstić information content (AvgIpc) is 3.25. The topological polar surface area (TPSA) is 62.5 Å². The molecule has 5 rings (SSSR count). The zero-order chi connectivity index (χ0) is 22.1. The Morgan fingerprint density at radius 2 is 1.84 bits per heavy atom. The van der Waals surface area contributed by atoms with Gasteiger partial charge in [-0.3, -0.25) is 4.79 Å². The fourth-order valence-electron chi connectivity index (χ4n) is 4.92. The van der Waals surface area contributed by atoms with E-state index in [1.807, 2.05) is 50.4 Å². The molecule has 0 aliphatic carbocycles. The first kappa shape index (κ1) is 19.5. The number of carbonyl (C=O) groups excluding carboxylic acids is 1. The van der Waals surface area contributed by atoms with E-state index in [9.17, 15) is 9.18 Å². The van der Waals surface area contributed by atoms with Gasteiger partial charge in [0.1, 0.15) is 11.7 Å². The largest absolute Gasteiger partial charge is 0.337 e. The summed E-state index contributed by atoms with van der Waals surface area (Å²) in [7, 11) is 1.87. The second kappa shape index (κ2) is 6.51. The standard InChI is InChI=1S/C24H24FN5O/c1-13(2)30-22-18(12-26-30)24(20-15(4)10-14(3)11-19(20)27-23(24)31)29(5)21(28-22)16-6-8-17(25)9-7-16/h6-13H,1-5H3,(H,27,31)/t24-/m0/s1. The molecular weight excluding hydrogens is 393 g/mol. The SMILES string of the molecule is Cc1cc(C)c2c(c1)NC(=O)[C@]21c2cnn(C(C)C)c2N=C(c2ccc(F)cc2)N1C. The van der Waals surface area contributed by atoms with Crippen molar-refractivity contribution in [3.63, 3.8) is 0 Å². The molecule has 1 aromatic heterocycles. The lowest BCUT2D eigenvalue weighted by Gasteiger charge is -2.42. The minimum atomic E-state index is -1.11. The van der Waals surface area contributed by atoms with E-state index in [4.69, 9.17) is 4.99 Å². The van der Waals surface area contributed by atoms with Crippen molar-refractivity contribution in [2.75, 3.05) is 12.4 Å². The van der Waals surface area contributed by atoms with E-state index < -0.39 is 5.54 Å². The van der Waals surface area contributed by atoms with Crippen LogP contribution in [0.5, 0.6) is 0 Å². The number of halogens is 1. The molecule has 31 heavy (non-hydrogen) atoms. The van der Waals surface area contributed by atoms with Crippen LogP contribution in [0.1, 0.15) is 47.7 Å². The number of anilines is 1. The Bertz CT molecular complexity index is 1260. The maximum Gasteiger partial charge on any atom is 0.260 e. The van der Waals surface area contributed by atoms with Crippen LogP contribution in [0.25, 0.3) is 0 Å². The minimum absolute atomic E-state index is 0.0606. The highest BCUT2D eigenvalue weighted by atomic mass is 19.1. The molecular formula is C24H24FN5O. The highest BCUT2D eigenvalue weighted by Gasteiger charge is 2.57. The summed E-state index contributed by atoms with van der Waals surface area (Å²) in [6, 6.07) is 10.3. The molecule has 1 atom stereocenters. The lowest BCUT2D eigenvalue weighted by Crippen LogP contribution is -2.54. The fraction of sp³-hybridized carbons (Fsp3) is 0.292. The summed E-state index contributed by atoms with van der Waals surface area (Å²) < 4.78 is 15.5. The smallest absolute Gasteiger partial charge is 0.260 e. The minimum Gasteiger partial charge on any atom is -0.337 e. The van der Waals surface area contributed by atoms with E-state index in [1.165, 1.54) is 12.1 Å². The molecule has 0 bridgehead atoms. The van der Waals surface area contributed by atoms with Gasteiger partial charge >= 0.3 is 0 Å². The molecule has 158 valence electrons. The summed E-state index contributed by atoms with van der Waals surface area (Å²) in [6.07, 6.45) is 1.75. The van der Waals surface area contributed by atoms with Gasteiger partial charge in [-0.25, -0.2) is 14.1 Å². The zero-order valence-corrected chi connectivity index (χ0v) is 18.2. The number of carbonyl (C=O) groups is 1. The summed E-state index contributed by atoms with van der Waals surface area (Å²) in [5.41, 5.74) is 4.18. The fourth-order valence-corrected chi connectivity index (χ4v) is 4.92. The van der Waals surface area contributed by atoms with Crippen LogP contribution in [0.2, 0.25) is 0 Å². The number of nitrogens with one attached hydrogen (secondary N) is 1. The lowest BCUT2D eigenvalue weighted by atomic mass is 9.79. The Kier molecular flexibility index (Phi) is 4.09. The monoisotopic (exact) mass is 417 g/mol. The molecule has 6 nitrogen and oxygen atoms in total. The van der Waals surface area contributed by atoms with Gasteiger partial charge in [0.05, 0.1) is 11.8 Å². The summed E-state index contributed by atoms with van der Waals surface area (Å²) >= 11 is 0. The van der Waals surface area contributed by atoms with E-state index in [-0.39, 0.29) is 17.8 Å². The van der Waals surface area contributed by atoms with E-state index in [0.29, 0.717) is 11.7 Å². The van der Waals surface area contributed by atoms with Crippen LogP contribution in [0.3, 0.4) is 0 Å². The van der Waals surface area contributed by atoms with Crippen molar-refractivity contribution in [3.05, 3.63) is 76.2 Å². The van der Waals surface area contributed by atoms with Crippen molar-refractivity contribution in [1.82, 2.24) is 14.7 Å². The Morgan fingerprint density at radius 3 is 2.52 bits per heavy atom. The van der Waals surface area contributed by atoms with Crippen molar-refractivity contribution < 1.29 is 9.18 Å². The molecule has 2 aliphatic heterocycles. The summed E-state index contributed by atoms with van der Waals surface area (Å²) in [4.78, 5) is 20.6. The normalized spacial score (nSPS) is 19.5. The quantitative estimate of drug-likeness (QED) is 0.671. The number of aliphatic imine (C=N–C) groups is 1. The summed E-state index contributed by atoms with van der Waals surface area (Å²) in [5.74, 6) is 0.784. The number of fused-ring (bicyclic) bond motifs is 4. The zero-order valence-electron chi connectivity index (χ0n) is 18.2. The molecule has 2 aliphatic rings. The van der Waals surface area contributed by atoms with Gasteiger partial charge in [-0.15, -0.1) is 0 Å². The molecule has 7 heteroatoms. The van der Waals surface area contributed by atoms with Gasteiger partial charge in [0.2, 0.25) is 0 Å². The number of amides is 1. The van der Waals surface area contributed by atoms with E-state index in [0.717, 1.165) is 33.5 Å². The molecule has 0 unspecified atom stereocenters. The van der Waals surface area contributed by atoms with Crippen LogP contribution in [-0.4, -0.2) is 33.5 Å². The van der Waals surface area contributed by atoms with Gasteiger partial charge in [0.25, 0.3) is 5.91 Å². The molecule has 0 saturated heterocycles. The number of aromatic nitrogens is 2. The van der Waals surface area contributed by atoms with Crippen molar-refractivity contribution in [2.45, 2.75) is 39.3 Å². The van der Waals surface area contributed by atoms with E-state index in [1.54, 1.807) is 18.3 Å². The van der Waals surface area contributed by atoms with Crippen LogP contribution < -0.4 is 5.32 Å². The van der Waals surface area contributed by atoms with E-state index >= 15 is 0 Å². The van der Waals surface area contributed by atoms with Gasteiger partial charge in [0.15, 0.2) is 11.4 Å². The number of amidine groups is 1. The van der Waals surface area contributed by atoms with Crippen molar-refractivity contribution in [3.8, 4) is 0 Å². The Morgan fingerprint density at radius 1 is 1.13 bits per heavy atom. The molecule has 3 aromatic rings. The molecule has 3 heterocycles. The molecule has 0 saturated carbocycles. The predicted octanol–water partition coefficient (Wildman–Crippen LogP) is 4.44. The van der Waals surface area contributed by atoms with Gasteiger partial charge < -0.3 is 10.2 Å². The summed E-state index contributed by atoms with van der Waals surface area (Å²) in [6.45, 7) is 8.10. The molecule has 0 fully saturated rings. The number of rotatable bonds is 2. The Labute approximate surface area is 180 Å². The Hall–Kier alpha value is -3.48. The van der Waals surface area contributed by atoms with Crippen LogP contribution in [0, 0.1) is 19.7 Å². The third-order valence-electron chi connectivity index (χ3n) is 6.20. The lowest BCUT2D eigenvalue weighted by molar-refractivity contribution is -0.122. The predicted molar refractivity (Wildman–Crippen MR) is 118 cm³/mol.